The van der Waals surface area contributed by atoms with Gasteiger partial charge in [-0.3, -0.25) is 9.10 Å². The summed E-state index contributed by atoms with van der Waals surface area (Å²) in [6.45, 7) is 0. The Kier molecular flexibility index (Phi) is 4.20. The van der Waals surface area contributed by atoms with Gasteiger partial charge in [0, 0.05) is 0 Å². The van der Waals surface area contributed by atoms with Crippen molar-refractivity contribution < 1.29 is 18.3 Å². The molecule has 0 aliphatic carbocycles. The molecule has 0 radical (unpaired) electrons. The van der Waals surface area contributed by atoms with Crippen LogP contribution in [0.3, 0.4) is 0 Å². The van der Waals surface area contributed by atoms with Crippen LogP contribution in [-0.4, -0.2) is 19.5 Å². The number of anilines is 1. The molecule has 0 aromatic heterocycles. The third-order valence-electron chi connectivity index (χ3n) is 4.67. The summed E-state index contributed by atoms with van der Waals surface area (Å²) in [7, 11) is -3.82. The largest absolute Gasteiger partial charge is 0.481 e. The highest BCUT2D eigenvalue weighted by molar-refractivity contribution is 7.93. The van der Waals surface area contributed by atoms with Crippen LogP contribution in [0.1, 0.15) is 18.0 Å². The Morgan fingerprint density at radius 1 is 0.889 bits per heavy atom. The Hall–Kier alpha value is -3.12. The van der Waals surface area contributed by atoms with Crippen LogP contribution in [-0.2, 0) is 14.8 Å². The van der Waals surface area contributed by atoms with Crippen molar-refractivity contribution in [3.05, 3.63) is 84.4 Å². The van der Waals surface area contributed by atoms with Crippen molar-refractivity contribution in [1.29, 1.82) is 0 Å². The van der Waals surface area contributed by atoms with Crippen LogP contribution in [0.5, 0.6) is 0 Å². The minimum absolute atomic E-state index is 0.168. The summed E-state index contributed by atoms with van der Waals surface area (Å²) in [5.74, 6) is -1.05. The normalized spacial score (nSPS) is 17.5. The van der Waals surface area contributed by atoms with Gasteiger partial charge in [-0.2, -0.15) is 0 Å². The number of sulfonamides is 1. The molecule has 1 N–H and O–H groups in total. The summed E-state index contributed by atoms with van der Waals surface area (Å²) in [5.41, 5.74) is 2.81. The van der Waals surface area contributed by atoms with E-state index in [9.17, 15) is 18.3 Å². The van der Waals surface area contributed by atoms with Gasteiger partial charge >= 0.3 is 5.97 Å². The number of carbonyl (C=O) groups is 1. The Morgan fingerprint density at radius 3 is 2.30 bits per heavy atom. The zero-order chi connectivity index (χ0) is 19.0. The van der Waals surface area contributed by atoms with Gasteiger partial charge in [-0.15, -0.1) is 0 Å². The average Bonchev–Trinajstić information content (AvgIpc) is 2.89. The number of rotatable bonds is 4. The fourth-order valence-corrected chi connectivity index (χ4v) is 5.40. The van der Waals surface area contributed by atoms with E-state index in [1.807, 2.05) is 36.4 Å². The molecule has 1 aliphatic heterocycles. The highest BCUT2D eigenvalue weighted by Gasteiger charge is 2.43. The number of benzene rings is 3. The van der Waals surface area contributed by atoms with Gasteiger partial charge in [0.05, 0.1) is 23.0 Å². The first-order valence-electron chi connectivity index (χ1n) is 8.49. The fourth-order valence-electron chi connectivity index (χ4n) is 3.52. The van der Waals surface area contributed by atoms with Gasteiger partial charge in [-0.05, 0) is 34.9 Å². The summed E-state index contributed by atoms with van der Waals surface area (Å²) >= 11 is 0. The zero-order valence-electron chi connectivity index (χ0n) is 14.3. The van der Waals surface area contributed by atoms with Crippen LogP contribution in [0.2, 0.25) is 0 Å². The molecule has 3 aromatic rings. The predicted molar refractivity (Wildman–Crippen MR) is 103 cm³/mol. The molecule has 1 aliphatic rings. The lowest BCUT2D eigenvalue weighted by Gasteiger charge is -2.25. The molecule has 0 fully saturated rings. The Labute approximate surface area is 157 Å². The van der Waals surface area contributed by atoms with E-state index in [4.69, 9.17) is 0 Å². The van der Waals surface area contributed by atoms with Gasteiger partial charge in [0.1, 0.15) is 0 Å². The van der Waals surface area contributed by atoms with Gasteiger partial charge in [0.2, 0.25) is 0 Å². The molecule has 0 spiro atoms. The summed E-state index contributed by atoms with van der Waals surface area (Å²) in [5, 5.41) is 9.35. The number of fused-ring (bicyclic) bond motifs is 1. The van der Waals surface area contributed by atoms with E-state index in [1.54, 1.807) is 36.4 Å². The van der Waals surface area contributed by atoms with Crippen molar-refractivity contribution in [2.45, 2.75) is 17.4 Å². The van der Waals surface area contributed by atoms with Crippen LogP contribution in [0.4, 0.5) is 5.69 Å². The maximum atomic E-state index is 13.2. The van der Waals surface area contributed by atoms with E-state index in [1.165, 1.54) is 10.4 Å². The zero-order valence-corrected chi connectivity index (χ0v) is 15.1. The van der Waals surface area contributed by atoms with E-state index >= 15 is 0 Å². The van der Waals surface area contributed by atoms with Crippen molar-refractivity contribution >= 4 is 21.7 Å². The van der Waals surface area contributed by atoms with E-state index in [-0.39, 0.29) is 11.3 Å². The van der Waals surface area contributed by atoms with Crippen molar-refractivity contribution in [3.63, 3.8) is 0 Å². The van der Waals surface area contributed by atoms with Gasteiger partial charge < -0.3 is 5.11 Å². The number of carboxylic acids is 1. The Bertz CT molecular complexity index is 1110. The van der Waals surface area contributed by atoms with Crippen molar-refractivity contribution in [3.8, 4) is 11.1 Å². The lowest BCUT2D eigenvalue weighted by molar-refractivity contribution is -0.137. The summed E-state index contributed by atoms with van der Waals surface area (Å²) < 4.78 is 27.5. The molecule has 1 heterocycles. The molecule has 0 amide bonds. The Balaban J connectivity index is 1.86. The number of nitrogens with zero attached hydrogens (tertiary/aromatic N) is 1. The first-order chi connectivity index (χ1) is 13.0. The second-order valence-corrected chi connectivity index (χ2v) is 8.15. The van der Waals surface area contributed by atoms with Gasteiger partial charge in [0.25, 0.3) is 10.0 Å². The summed E-state index contributed by atoms with van der Waals surface area (Å²) in [4.78, 5) is 11.6. The molecule has 0 saturated carbocycles. The van der Waals surface area contributed by atoms with E-state index < -0.39 is 22.0 Å². The first kappa shape index (κ1) is 17.3. The van der Waals surface area contributed by atoms with Crippen LogP contribution >= 0.6 is 0 Å². The van der Waals surface area contributed by atoms with Crippen LogP contribution in [0.15, 0.2) is 83.8 Å². The van der Waals surface area contributed by atoms with Crippen LogP contribution in [0, 0.1) is 0 Å². The third-order valence-corrected chi connectivity index (χ3v) is 6.58. The molecule has 136 valence electrons. The second-order valence-electron chi connectivity index (χ2n) is 6.37. The summed E-state index contributed by atoms with van der Waals surface area (Å²) in [6.07, 6.45) is -0.300. The van der Waals surface area contributed by atoms with Gasteiger partial charge in [-0.25, -0.2) is 8.42 Å². The molecule has 4 rings (SSSR count). The highest BCUT2D eigenvalue weighted by atomic mass is 32.2. The minimum atomic E-state index is -3.82. The molecular formula is C21H17NO4S. The average molecular weight is 379 g/mol. The SMILES string of the molecule is O=C(O)CC1c2ccccc2S(=O)(=O)N1c1cccc(-c2ccccc2)c1. The molecule has 1 atom stereocenters. The number of aliphatic carboxylic acids is 1. The molecule has 0 bridgehead atoms. The van der Waals surface area contributed by atoms with Gasteiger partial charge in [0.15, 0.2) is 0 Å². The molecule has 0 saturated heterocycles. The Morgan fingerprint density at radius 2 is 1.56 bits per heavy atom. The number of carboxylic acid groups (broad SMARTS) is 1. The molecular weight excluding hydrogens is 362 g/mol. The third kappa shape index (κ3) is 2.98. The predicted octanol–water partition coefficient (Wildman–Crippen LogP) is 4.08. The summed E-state index contributed by atoms with van der Waals surface area (Å²) in [6, 6.07) is 22.6. The lowest BCUT2D eigenvalue weighted by atomic mass is 10.0. The molecule has 3 aromatic carbocycles. The van der Waals surface area contributed by atoms with Crippen LogP contribution in [0.25, 0.3) is 11.1 Å². The van der Waals surface area contributed by atoms with Gasteiger partial charge in [-0.1, -0.05) is 60.7 Å². The smallest absolute Gasteiger partial charge is 0.305 e. The highest BCUT2D eigenvalue weighted by Crippen LogP contribution is 2.44. The monoisotopic (exact) mass is 379 g/mol. The number of hydrogen-bond acceptors (Lipinski definition) is 3. The van der Waals surface area contributed by atoms with Crippen molar-refractivity contribution in [2.24, 2.45) is 0 Å². The molecule has 5 nitrogen and oxygen atoms in total. The van der Waals surface area contributed by atoms with Crippen molar-refractivity contribution in [2.75, 3.05) is 4.31 Å². The molecule has 6 heteroatoms. The first-order valence-corrected chi connectivity index (χ1v) is 9.93. The van der Waals surface area contributed by atoms with Crippen molar-refractivity contribution in [1.82, 2.24) is 0 Å². The standard InChI is InChI=1S/C21H17NO4S/c23-21(24)14-19-18-11-4-5-12-20(18)27(25,26)22(19)17-10-6-9-16(13-17)15-7-2-1-3-8-15/h1-13,19H,14H2,(H,23,24). The van der Waals surface area contributed by atoms with Crippen LogP contribution < -0.4 is 4.31 Å². The number of hydrogen-bond donors (Lipinski definition) is 1. The maximum Gasteiger partial charge on any atom is 0.305 e. The fraction of sp³-hybridized carbons (Fsp3) is 0.0952. The molecule has 1 unspecified atom stereocenters. The maximum absolute atomic E-state index is 13.2. The van der Waals surface area contributed by atoms with E-state index in [2.05, 4.69) is 0 Å². The quantitative estimate of drug-likeness (QED) is 0.741. The van der Waals surface area contributed by atoms with E-state index in [0.717, 1.165) is 11.1 Å². The minimum Gasteiger partial charge on any atom is -0.481 e. The lowest BCUT2D eigenvalue weighted by Crippen LogP contribution is -2.29. The molecule has 27 heavy (non-hydrogen) atoms. The second kappa shape index (κ2) is 6.55. The topological polar surface area (TPSA) is 74.7 Å². The van der Waals surface area contributed by atoms with E-state index in [0.29, 0.717) is 11.3 Å².